The lowest BCUT2D eigenvalue weighted by molar-refractivity contribution is -0.133. The number of fused-ring (bicyclic) bond motifs is 1. The average Bonchev–Trinajstić information content (AvgIpc) is 3.21. The van der Waals surface area contributed by atoms with Gasteiger partial charge in [-0.3, -0.25) is 4.79 Å². The first-order valence-electron chi connectivity index (χ1n) is 10.1. The zero-order valence-electron chi connectivity index (χ0n) is 16.9. The number of hydrogen-bond acceptors (Lipinski definition) is 6. The number of aromatic nitrogens is 2. The molecule has 1 saturated heterocycles. The number of pyridine rings is 1. The second kappa shape index (κ2) is 8.78. The fourth-order valence-corrected chi connectivity index (χ4v) is 4.47. The molecule has 1 fully saturated rings. The highest BCUT2D eigenvalue weighted by Crippen LogP contribution is 2.29. The number of benzene rings is 1. The van der Waals surface area contributed by atoms with Crippen LogP contribution in [0.3, 0.4) is 0 Å². The van der Waals surface area contributed by atoms with Crippen molar-refractivity contribution in [3.63, 3.8) is 0 Å². The molecule has 3 aromatic rings. The monoisotopic (exact) mass is 410 g/mol. The minimum absolute atomic E-state index is 0.0366. The number of piperazine rings is 1. The predicted octanol–water partition coefficient (Wildman–Crippen LogP) is 3.93. The first kappa shape index (κ1) is 19.6. The Morgan fingerprint density at radius 3 is 2.72 bits per heavy atom. The molecule has 0 N–H and O–H groups in total. The molecule has 1 aliphatic heterocycles. The Hall–Kier alpha value is -2.67. The molecule has 1 aromatic carbocycles. The van der Waals surface area contributed by atoms with Crippen LogP contribution in [-0.2, 0) is 4.79 Å². The SMILES string of the molecule is CCC(C)c1ccccc1OCC(=O)N1CCN(c2nc3cccnc3s2)CC1. The number of rotatable bonds is 6. The Morgan fingerprint density at radius 1 is 1.17 bits per heavy atom. The van der Waals surface area contributed by atoms with E-state index in [1.807, 2.05) is 35.2 Å². The second-order valence-corrected chi connectivity index (χ2v) is 8.28. The topological polar surface area (TPSA) is 58.6 Å². The van der Waals surface area contributed by atoms with E-state index in [-0.39, 0.29) is 12.5 Å². The Bertz CT molecular complexity index is 949. The Balaban J connectivity index is 1.32. The van der Waals surface area contributed by atoms with Crippen LogP contribution < -0.4 is 9.64 Å². The summed E-state index contributed by atoms with van der Waals surface area (Å²) < 4.78 is 5.90. The van der Waals surface area contributed by atoms with E-state index in [2.05, 4.69) is 34.8 Å². The summed E-state index contributed by atoms with van der Waals surface area (Å²) in [7, 11) is 0. The molecule has 3 heterocycles. The molecule has 4 rings (SSSR count). The van der Waals surface area contributed by atoms with Crippen molar-refractivity contribution in [2.75, 3.05) is 37.7 Å². The van der Waals surface area contributed by atoms with Crippen molar-refractivity contribution in [2.24, 2.45) is 0 Å². The molecular weight excluding hydrogens is 384 g/mol. The van der Waals surface area contributed by atoms with Crippen LogP contribution in [0.25, 0.3) is 10.3 Å². The largest absolute Gasteiger partial charge is 0.483 e. The van der Waals surface area contributed by atoms with E-state index in [0.29, 0.717) is 19.0 Å². The molecule has 0 aliphatic carbocycles. The molecule has 6 nitrogen and oxygen atoms in total. The lowest BCUT2D eigenvalue weighted by atomic mass is 9.98. The maximum Gasteiger partial charge on any atom is 0.260 e. The molecular formula is C22H26N4O2S. The van der Waals surface area contributed by atoms with Gasteiger partial charge < -0.3 is 14.5 Å². The molecule has 1 atom stereocenters. The van der Waals surface area contributed by atoms with Crippen LogP contribution in [0.1, 0.15) is 31.7 Å². The van der Waals surface area contributed by atoms with Crippen molar-refractivity contribution in [1.82, 2.24) is 14.9 Å². The minimum Gasteiger partial charge on any atom is -0.483 e. The number of anilines is 1. The smallest absolute Gasteiger partial charge is 0.260 e. The predicted molar refractivity (Wildman–Crippen MR) is 117 cm³/mol. The molecule has 0 saturated carbocycles. The average molecular weight is 411 g/mol. The third-order valence-electron chi connectivity index (χ3n) is 5.47. The summed E-state index contributed by atoms with van der Waals surface area (Å²) in [5, 5.41) is 0.976. The van der Waals surface area contributed by atoms with Crippen LogP contribution in [0.5, 0.6) is 5.75 Å². The molecule has 1 amide bonds. The lowest BCUT2D eigenvalue weighted by Gasteiger charge is -2.34. The third kappa shape index (κ3) is 4.34. The van der Waals surface area contributed by atoms with Crippen LogP contribution in [0, 0.1) is 0 Å². The molecule has 0 spiro atoms. The summed E-state index contributed by atoms with van der Waals surface area (Å²) in [4.78, 5) is 26.8. The van der Waals surface area contributed by atoms with Gasteiger partial charge in [0.25, 0.3) is 5.91 Å². The van der Waals surface area contributed by atoms with Gasteiger partial charge in [0.2, 0.25) is 0 Å². The number of amides is 1. The van der Waals surface area contributed by atoms with Crippen molar-refractivity contribution in [1.29, 1.82) is 0 Å². The van der Waals surface area contributed by atoms with Crippen LogP contribution in [0.2, 0.25) is 0 Å². The summed E-state index contributed by atoms with van der Waals surface area (Å²) in [6, 6.07) is 11.9. The normalized spacial score (nSPS) is 15.5. The zero-order chi connectivity index (χ0) is 20.2. The van der Waals surface area contributed by atoms with E-state index in [4.69, 9.17) is 4.74 Å². The summed E-state index contributed by atoms with van der Waals surface area (Å²) in [5.41, 5.74) is 2.09. The Kier molecular flexibility index (Phi) is 5.94. The summed E-state index contributed by atoms with van der Waals surface area (Å²) in [6.45, 7) is 7.33. The van der Waals surface area contributed by atoms with E-state index in [1.54, 1.807) is 17.5 Å². The van der Waals surface area contributed by atoms with E-state index in [9.17, 15) is 4.79 Å². The number of para-hydroxylation sites is 1. The molecule has 7 heteroatoms. The number of ether oxygens (including phenoxy) is 1. The highest BCUT2D eigenvalue weighted by molar-refractivity contribution is 7.21. The van der Waals surface area contributed by atoms with E-state index in [0.717, 1.165) is 46.3 Å². The number of carbonyl (C=O) groups excluding carboxylic acids is 1. The Morgan fingerprint density at radius 2 is 1.97 bits per heavy atom. The van der Waals surface area contributed by atoms with Crippen molar-refractivity contribution in [3.8, 4) is 5.75 Å². The molecule has 2 aromatic heterocycles. The third-order valence-corrected chi connectivity index (χ3v) is 6.51. The molecule has 152 valence electrons. The van der Waals surface area contributed by atoms with Gasteiger partial charge in [0.1, 0.15) is 16.1 Å². The number of nitrogens with zero attached hydrogens (tertiary/aromatic N) is 4. The number of thiazole rings is 1. The van der Waals surface area contributed by atoms with Gasteiger partial charge in [0.15, 0.2) is 11.7 Å². The van der Waals surface area contributed by atoms with Gasteiger partial charge in [-0.05, 0) is 36.1 Å². The highest BCUT2D eigenvalue weighted by atomic mass is 32.1. The van der Waals surface area contributed by atoms with Gasteiger partial charge in [-0.15, -0.1) is 0 Å². The fraction of sp³-hybridized carbons (Fsp3) is 0.409. The maximum atomic E-state index is 12.7. The van der Waals surface area contributed by atoms with Crippen molar-refractivity contribution >= 4 is 32.7 Å². The number of hydrogen-bond donors (Lipinski definition) is 0. The second-order valence-electron chi connectivity index (χ2n) is 7.33. The van der Waals surface area contributed by atoms with Crippen LogP contribution in [0.15, 0.2) is 42.6 Å². The van der Waals surface area contributed by atoms with Crippen LogP contribution in [0.4, 0.5) is 5.13 Å². The first-order chi connectivity index (χ1) is 14.2. The molecule has 29 heavy (non-hydrogen) atoms. The van der Waals surface area contributed by atoms with Gasteiger partial charge in [0, 0.05) is 32.4 Å². The van der Waals surface area contributed by atoms with Gasteiger partial charge in [-0.2, -0.15) is 0 Å². The molecule has 1 unspecified atom stereocenters. The zero-order valence-corrected chi connectivity index (χ0v) is 17.7. The molecule has 0 radical (unpaired) electrons. The maximum absolute atomic E-state index is 12.7. The Labute approximate surface area is 175 Å². The van der Waals surface area contributed by atoms with E-state index < -0.39 is 0 Å². The standard InChI is InChI=1S/C22H26N4O2S/c1-3-16(2)17-7-4-5-9-19(17)28-15-20(27)25-11-13-26(14-12-25)22-24-18-8-6-10-23-21(18)29-22/h4-10,16H,3,11-15H2,1-2H3. The summed E-state index contributed by atoms with van der Waals surface area (Å²) in [6.07, 6.45) is 2.83. The van der Waals surface area contributed by atoms with Gasteiger partial charge in [-0.1, -0.05) is 43.4 Å². The van der Waals surface area contributed by atoms with Crippen molar-refractivity contribution in [2.45, 2.75) is 26.2 Å². The van der Waals surface area contributed by atoms with Crippen molar-refractivity contribution in [3.05, 3.63) is 48.2 Å². The first-order valence-corrected chi connectivity index (χ1v) is 10.9. The quantitative estimate of drug-likeness (QED) is 0.616. The van der Waals surface area contributed by atoms with Crippen LogP contribution >= 0.6 is 11.3 Å². The van der Waals surface area contributed by atoms with Gasteiger partial charge in [-0.25, -0.2) is 9.97 Å². The van der Waals surface area contributed by atoms with E-state index in [1.165, 1.54) is 0 Å². The van der Waals surface area contributed by atoms with E-state index >= 15 is 0 Å². The minimum atomic E-state index is 0.0366. The summed E-state index contributed by atoms with van der Waals surface area (Å²) in [5.74, 6) is 1.26. The molecule has 0 bridgehead atoms. The highest BCUT2D eigenvalue weighted by Gasteiger charge is 2.24. The lowest BCUT2D eigenvalue weighted by Crippen LogP contribution is -2.50. The van der Waals surface area contributed by atoms with Gasteiger partial charge in [0.05, 0.1) is 0 Å². The summed E-state index contributed by atoms with van der Waals surface area (Å²) >= 11 is 1.60. The fourth-order valence-electron chi connectivity index (χ4n) is 3.51. The number of carbonyl (C=O) groups is 1. The molecule has 1 aliphatic rings. The van der Waals surface area contributed by atoms with Crippen molar-refractivity contribution < 1.29 is 9.53 Å². The van der Waals surface area contributed by atoms with Gasteiger partial charge >= 0.3 is 0 Å². The van der Waals surface area contributed by atoms with Crippen LogP contribution in [-0.4, -0.2) is 53.6 Å².